The Morgan fingerprint density at radius 2 is 2.13 bits per heavy atom. The molecule has 2 rings (SSSR count). The minimum atomic E-state index is -0.404. The fourth-order valence-electron chi connectivity index (χ4n) is 1.18. The zero-order chi connectivity index (χ0) is 10.7. The van der Waals surface area contributed by atoms with Gasteiger partial charge >= 0.3 is 0 Å². The molecule has 1 aromatic rings. The molecule has 4 heteroatoms. The summed E-state index contributed by atoms with van der Waals surface area (Å²) < 4.78 is 0. The van der Waals surface area contributed by atoms with Crippen LogP contribution >= 0.6 is 23.1 Å². The van der Waals surface area contributed by atoms with Gasteiger partial charge < -0.3 is 0 Å². The molecule has 0 radical (unpaired) electrons. The van der Waals surface area contributed by atoms with E-state index >= 15 is 0 Å². The van der Waals surface area contributed by atoms with Crippen LogP contribution in [-0.2, 0) is 4.79 Å². The Morgan fingerprint density at radius 3 is 2.73 bits per heavy atom. The van der Waals surface area contributed by atoms with Gasteiger partial charge in [0.2, 0.25) is 11.6 Å². The first-order chi connectivity index (χ1) is 7.29. The van der Waals surface area contributed by atoms with E-state index < -0.39 is 11.6 Å². The molecule has 1 aliphatic rings. The molecule has 2 nitrogen and oxygen atoms in total. The highest BCUT2D eigenvalue weighted by molar-refractivity contribution is 8.06. The molecule has 0 unspecified atom stereocenters. The zero-order valence-corrected chi connectivity index (χ0v) is 9.44. The summed E-state index contributed by atoms with van der Waals surface area (Å²) in [7, 11) is 0. The van der Waals surface area contributed by atoms with Crippen LogP contribution in [0.2, 0.25) is 0 Å². The molecule has 15 heavy (non-hydrogen) atoms. The summed E-state index contributed by atoms with van der Waals surface area (Å²) in [5.74, 6) is -0.800. The van der Waals surface area contributed by atoms with Gasteiger partial charge in [-0.3, -0.25) is 9.59 Å². The lowest BCUT2D eigenvalue weighted by Crippen LogP contribution is -2.14. The normalized spacial score (nSPS) is 14.8. The second kappa shape index (κ2) is 4.59. The van der Waals surface area contributed by atoms with E-state index in [0.717, 1.165) is 6.42 Å². The first-order valence-corrected chi connectivity index (χ1v) is 6.19. The number of carbonyl (C=O) groups excluding carboxylic acids is 2. The Hall–Kier alpha value is -1.13. The minimum absolute atomic E-state index is 0.396. The lowest BCUT2D eigenvalue weighted by molar-refractivity contribution is -0.111. The molecule has 0 amide bonds. The van der Waals surface area contributed by atoms with Gasteiger partial charge in [0.15, 0.2) is 0 Å². The average molecular weight is 236 g/mol. The van der Waals surface area contributed by atoms with E-state index in [1.54, 1.807) is 23.6 Å². The summed E-state index contributed by atoms with van der Waals surface area (Å²) in [6.45, 7) is 0. The smallest absolute Gasteiger partial charge is 0.243 e. The fourth-order valence-corrected chi connectivity index (χ4v) is 2.58. The van der Waals surface area contributed by atoms with Crippen molar-refractivity contribution >= 4 is 34.7 Å². The predicted molar refractivity (Wildman–Crippen MR) is 63.1 cm³/mol. The van der Waals surface area contributed by atoms with Crippen molar-refractivity contribution in [3.05, 3.63) is 44.9 Å². The van der Waals surface area contributed by atoms with E-state index in [2.05, 4.69) is 0 Å². The highest BCUT2D eigenvalue weighted by Crippen LogP contribution is 2.25. The molecule has 2 heterocycles. The molecule has 1 aliphatic heterocycles. The average Bonchev–Trinajstić information content (AvgIpc) is 2.82. The maximum absolute atomic E-state index is 11.7. The van der Waals surface area contributed by atoms with Crippen molar-refractivity contribution in [2.75, 3.05) is 0 Å². The Kier molecular flexibility index (Phi) is 3.18. The lowest BCUT2D eigenvalue weighted by Gasteiger charge is -2.04. The molecule has 76 valence electrons. The highest BCUT2D eigenvalue weighted by Gasteiger charge is 2.21. The monoisotopic (exact) mass is 236 g/mol. The number of rotatable bonds is 3. The van der Waals surface area contributed by atoms with Crippen LogP contribution in [0.3, 0.4) is 0 Å². The SMILES string of the molecule is O=C(C(=O)c1cccs1)C1=CCC=CS1. The van der Waals surface area contributed by atoms with Crippen LogP contribution in [0.4, 0.5) is 0 Å². The number of hydrogen-bond donors (Lipinski definition) is 0. The van der Waals surface area contributed by atoms with Gasteiger partial charge in [0.05, 0.1) is 9.78 Å². The minimum Gasteiger partial charge on any atom is -0.284 e. The van der Waals surface area contributed by atoms with E-state index in [-0.39, 0.29) is 0 Å². The molecular weight excluding hydrogens is 228 g/mol. The van der Waals surface area contributed by atoms with Crippen molar-refractivity contribution in [3.63, 3.8) is 0 Å². The van der Waals surface area contributed by atoms with Gasteiger partial charge in [-0.15, -0.1) is 11.3 Å². The molecule has 0 N–H and O–H groups in total. The van der Waals surface area contributed by atoms with Crippen molar-refractivity contribution < 1.29 is 9.59 Å². The van der Waals surface area contributed by atoms with Gasteiger partial charge in [0, 0.05) is 0 Å². The number of thioether (sulfide) groups is 1. The Bertz CT molecular complexity index is 441. The predicted octanol–water partition coefficient (Wildman–Crippen LogP) is 3.03. The maximum Gasteiger partial charge on any atom is 0.243 e. The number of hydrogen-bond acceptors (Lipinski definition) is 4. The summed E-state index contributed by atoms with van der Waals surface area (Å²) in [4.78, 5) is 24.5. The highest BCUT2D eigenvalue weighted by atomic mass is 32.2. The second-order valence-corrected chi connectivity index (χ2v) is 4.82. The second-order valence-electron chi connectivity index (χ2n) is 2.93. The van der Waals surface area contributed by atoms with E-state index in [0.29, 0.717) is 9.78 Å². The number of ketones is 2. The topological polar surface area (TPSA) is 34.1 Å². The largest absolute Gasteiger partial charge is 0.284 e. The molecule has 1 aromatic heterocycles. The third kappa shape index (κ3) is 2.27. The van der Waals surface area contributed by atoms with Gasteiger partial charge in [-0.05, 0) is 23.3 Å². The Labute approximate surface area is 95.7 Å². The fraction of sp³-hybridized carbons (Fsp3) is 0.0909. The molecule has 0 fully saturated rings. The standard InChI is InChI=1S/C11H8O2S2/c12-10(8-4-1-2-6-14-8)11(13)9-5-3-7-15-9/h2-7H,1H2. The molecule has 0 aromatic carbocycles. The van der Waals surface area contributed by atoms with Gasteiger partial charge in [-0.25, -0.2) is 0 Å². The summed E-state index contributed by atoms with van der Waals surface area (Å²) in [5, 5.41) is 3.64. The van der Waals surface area contributed by atoms with Crippen molar-refractivity contribution in [1.82, 2.24) is 0 Å². The molecule has 0 aliphatic carbocycles. The number of Topliss-reactive ketones (excluding diaryl/α,β-unsaturated/α-hetero) is 2. The van der Waals surface area contributed by atoms with E-state index in [9.17, 15) is 9.59 Å². The molecule has 0 saturated carbocycles. The number of allylic oxidation sites excluding steroid dienone is 3. The number of thiophene rings is 1. The third-order valence-electron chi connectivity index (χ3n) is 1.91. The summed E-state index contributed by atoms with van der Waals surface area (Å²) in [5.41, 5.74) is 0. The van der Waals surface area contributed by atoms with Crippen LogP contribution in [0.15, 0.2) is 40.0 Å². The van der Waals surface area contributed by atoms with Crippen LogP contribution < -0.4 is 0 Å². The lowest BCUT2D eigenvalue weighted by atomic mass is 10.2. The van der Waals surface area contributed by atoms with Gasteiger partial charge in [-0.1, -0.05) is 30.0 Å². The number of carbonyl (C=O) groups is 2. The molecular formula is C11H8O2S2. The van der Waals surface area contributed by atoms with Crippen LogP contribution in [0.1, 0.15) is 16.1 Å². The first-order valence-electron chi connectivity index (χ1n) is 4.43. The van der Waals surface area contributed by atoms with Crippen molar-refractivity contribution in [2.24, 2.45) is 0 Å². The van der Waals surface area contributed by atoms with E-state index in [1.165, 1.54) is 23.1 Å². The molecule has 0 spiro atoms. The molecule has 0 saturated heterocycles. The van der Waals surface area contributed by atoms with Crippen molar-refractivity contribution in [1.29, 1.82) is 0 Å². The van der Waals surface area contributed by atoms with Crippen molar-refractivity contribution in [3.8, 4) is 0 Å². The molecule has 0 atom stereocenters. The summed E-state index contributed by atoms with van der Waals surface area (Å²) in [6, 6.07) is 3.45. The Balaban J connectivity index is 2.15. The van der Waals surface area contributed by atoms with Crippen molar-refractivity contribution in [2.45, 2.75) is 6.42 Å². The van der Waals surface area contributed by atoms with Gasteiger partial charge in [0.1, 0.15) is 0 Å². The summed E-state index contributed by atoms with van der Waals surface area (Å²) in [6.07, 6.45) is 4.47. The third-order valence-corrected chi connectivity index (χ3v) is 3.71. The van der Waals surface area contributed by atoms with Crippen LogP contribution in [0.25, 0.3) is 0 Å². The summed E-state index contributed by atoms with van der Waals surface area (Å²) >= 11 is 2.61. The van der Waals surface area contributed by atoms with Crippen LogP contribution in [-0.4, -0.2) is 11.6 Å². The van der Waals surface area contributed by atoms with Gasteiger partial charge in [0.25, 0.3) is 0 Å². The Morgan fingerprint density at radius 1 is 1.27 bits per heavy atom. The van der Waals surface area contributed by atoms with Crippen LogP contribution in [0.5, 0.6) is 0 Å². The zero-order valence-electron chi connectivity index (χ0n) is 7.80. The first kappa shape index (κ1) is 10.4. The molecule has 0 bridgehead atoms. The quantitative estimate of drug-likeness (QED) is 0.597. The van der Waals surface area contributed by atoms with E-state index in [1.807, 2.05) is 11.5 Å². The van der Waals surface area contributed by atoms with Gasteiger partial charge in [-0.2, -0.15) is 0 Å². The van der Waals surface area contributed by atoms with E-state index in [4.69, 9.17) is 0 Å². The maximum atomic E-state index is 11.7. The van der Waals surface area contributed by atoms with Crippen LogP contribution in [0, 0.1) is 0 Å².